The van der Waals surface area contributed by atoms with Crippen LogP contribution >= 0.6 is 11.6 Å². The fraction of sp³-hybridized carbons (Fsp3) is 0. The Hall–Kier alpha value is -2.76. The molecule has 3 aromatic rings. The molecule has 0 aliphatic rings. The molecular weight excluding hydrogens is 294 g/mol. The molecule has 0 amide bonds. The Morgan fingerprint density at radius 1 is 0.955 bits per heavy atom. The largest absolute Gasteiger partial charge is 0.457 e. The van der Waals surface area contributed by atoms with Crippen LogP contribution < -0.4 is 0 Å². The zero-order valence-electron chi connectivity index (χ0n) is 11.7. The minimum absolute atomic E-state index is 0.472. The summed E-state index contributed by atoms with van der Waals surface area (Å²) in [6.45, 7) is 0. The fourth-order valence-electron chi connectivity index (χ4n) is 2.18. The maximum atomic E-state index is 9.37. The Kier molecular flexibility index (Phi) is 4.09. The first-order valence-electron chi connectivity index (χ1n) is 6.80. The predicted octanol–water partition coefficient (Wildman–Crippen LogP) is 5.66. The van der Waals surface area contributed by atoms with Crippen molar-refractivity contribution in [1.82, 2.24) is 0 Å². The van der Waals surface area contributed by atoms with Crippen molar-refractivity contribution in [1.29, 1.82) is 5.26 Å². The van der Waals surface area contributed by atoms with Crippen LogP contribution in [0.2, 0.25) is 5.02 Å². The smallest absolute Gasteiger partial charge is 0.134 e. The average Bonchev–Trinajstić information content (AvgIpc) is 3.03. The Balaban J connectivity index is 1.97. The van der Waals surface area contributed by atoms with Crippen LogP contribution in [0.4, 0.5) is 0 Å². The quantitative estimate of drug-likeness (QED) is 0.585. The minimum Gasteiger partial charge on any atom is -0.457 e. The Labute approximate surface area is 133 Å². The Morgan fingerprint density at radius 2 is 1.68 bits per heavy atom. The van der Waals surface area contributed by atoms with E-state index in [1.54, 1.807) is 12.1 Å². The van der Waals surface area contributed by atoms with Crippen molar-refractivity contribution in [3.63, 3.8) is 0 Å². The molecule has 0 aliphatic carbocycles. The van der Waals surface area contributed by atoms with Gasteiger partial charge in [0.25, 0.3) is 0 Å². The van der Waals surface area contributed by atoms with Crippen molar-refractivity contribution >= 4 is 23.3 Å². The van der Waals surface area contributed by atoms with Crippen LogP contribution in [-0.4, -0.2) is 0 Å². The molecule has 1 heterocycles. The third-order valence-electron chi connectivity index (χ3n) is 3.26. The molecular formula is C19H12ClNO. The first-order chi connectivity index (χ1) is 10.8. The van der Waals surface area contributed by atoms with Gasteiger partial charge >= 0.3 is 0 Å². The van der Waals surface area contributed by atoms with Gasteiger partial charge in [-0.05, 0) is 24.3 Å². The SMILES string of the molecule is N#CC(=Cc1ccc(-c2ccccc2)o1)c1ccccc1Cl. The van der Waals surface area contributed by atoms with Gasteiger partial charge in [-0.2, -0.15) is 5.26 Å². The van der Waals surface area contributed by atoms with Crippen LogP contribution in [0.25, 0.3) is 23.0 Å². The van der Waals surface area contributed by atoms with Crippen LogP contribution in [0.5, 0.6) is 0 Å². The van der Waals surface area contributed by atoms with Gasteiger partial charge in [-0.25, -0.2) is 0 Å². The number of hydrogen-bond donors (Lipinski definition) is 0. The molecule has 0 bridgehead atoms. The highest BCUT2D eigenvalue weighted by molar-refractivity contribution is 6.32. The first kappa shape index (κ1) is 14.2. The molecule has 106 valence electrons. The molecule has 0 radical (unpaired) electrons. The van der Waals surface area contributed by atoms with Crippen LogP contribution in [0.3, 0.4) is 0 Å². The Morgan fingerprint density at radius 3 is 2.41 bits per heavy atom. The van der Waals surface area contributed by atoms with Crippen molar-refractivity contribution < 1.29 is 4.42 Å². The summed E-state index contributed by atoms with van der Waals surface area (Å²) in [6.07, 6.45) is 1.70. The molecule has 0 N–H and O–H groups in total. The maximum Gasteiger partial charge on any atom is 0.134 e. The second-order valence-electron chi connectivity index (χ2n) is 4.72. The number of furan rings is 1. The number of halogens is 1. The van der Waals surface area contributed by atoms with E-state index in [9.17, 15) is 5.26 Å². The van der Waals surface area contributed by atoms with E-state index in [0.717, 1.165) is 11.3 Å². The number of hydrogen-bond acceptors (Lipinski definition) is 2. The van der Waals surface area contributed by atoms with E-state index in [4.69, 9.17) is 16.0 Å². The second-order valence-corrected chi connectivity index (χ2v) is 5.12. The summed E-state index contributed by atoms with van der Waals surface area (Å²) >= 11 is 6.14. The lowest BCUT2D eigenvalue weighted by atomic mass is 10.1. The highest BCUT2D eigenvalue weighted by atomic mass is 35.5. The molecule has 1 aromatic heterocycles. The van der Waals surface area contributed by atoms with Crippen molar-refractivity contribution in [2.75, 3.05) is 0 Å². The van der Waals surface area contributed by atoms with Gasteiger partial charge in [0.1, 0.15) is 11.5 Å². The van der Waals surface area contributed by atoms with Crippen LogP contribution in [0, 0.1) is 11.3 Å². The summed E-state index contributed by atoms with van der Waals surface area (Å²) < 4.78 is 5.79. The van der Waals surface area contributed by atoms with Crippen molar-refractivity contribution in [2.24, 2.45) is 0 Å². The molecule has 0 fully saturated rings. The van der Waals surface area contributed by atoms with E-state index in [1.807, 2.05) is 60.7 Å². The molecule has 0 spiro atoms. The van der Waals surface area contributed by atoms with E-state index in [0.29, 0.717) is 21.9 Å². The summed E-state index contributed by atoms with van der Waals surface area (Å²) in [5, 5.41) is 9.92. The lowest BCUT2D eigenvalue weighted by Crippen LogP contribution is -1.82. The lowest BCUT2D eigenvalue weighted by molar-refractivity contribution is 0.572. The van der Waals surface area contributed by atoms with E-state index in [1.165, 1.54) is 0 Å². The topological polar surface area (TPSA) is 36.9 Å². The van der Waals surface area contributed by atoms with Gasteiger partial charge < -0.3 is 4.42 Å². The minimum atomic E-state index is 0.472. The molecule has 0 aliphatic heterocycles. The van der Waals surface area contributed by atoms with Crippen LogP contribution in [-0.2, 0) is 0 Å². The monoisotopic (exact) mass is 305 g/mol. The number of allylic oxidation sites excluding steroid dienone is 1. The molecule has 0 saturated carbocycles. The standard InChI is InChI=1S/C19H12ClNO/c20-18-9-5-4-8-17(18)15(13-21)12-16-10-11-19(22-16)14-6-2-1-3-7-14/h1-12H. The molecule has 0 atom stereocenters. The number of nitrogens with zero attached hydrogens (tertiary/aromatic N) is 1. The van der Waals surface area contributed by atoms with E-state index >= 15 is 0 Å². The zero-order valence-corrected chi connectivity index (χ0v) is 12.4. The third-order valence-corrected chi connectivity index (χ3v) is 3.59. The highest BCUT2D eigenvalue weighted by Crippen LogP contribution is 2.27. The summed E-state index contributed by atoms with van der Waals surface area (Å²) in [7, 11) is 0. The Bertz CT molecular complexity index is 856. The molecule has 3 rings (SSSR count). The van der Waals surface area contributed by atoms with Crippen molar-refractivity contribution in [2.45, 2.75) is 0 Å². The zero-order chi connectivity index (χ0) is 15.4. The third kappa shape index (κ3) is 2.95. The van der Waals surface area contributed by atoms with Gasteiger partial charge in [0.15, 0.2) is 0 Å². The summed E-state index contributed by atoms with van der Waals surface area (Å²) in [6, 6.07) is 23.0. The molecule has 22 heavy (non-hydrogen) atoms. The predicted molar refractivity (Wildman–Crippen MR) is 89.1 cm³/mol. The van der Waals surface area contributed by atoms with E-state index in [2.05, 4.69) is 6.07 Å². The summed E-state index contributed by atoms with van der Waals surface area (Å²) in [4.78, 5) is 0. The molecule has 3 heteroatoms. The van der Waals surface area contributed by atoms with Gasteiger partial charge in [-0.15, -0.1) is 0 Å². The number of rotatable bonds is 3. The molecule has 0 saturated heterocycles. The van der Waals surface area contributed by atoms with Crippen molar-refractivity contribution in [3.8, 4) is 17.4 Å². The van der Waals surface area contributed by atoms with E-state index < -0.39 is 0 Å². The normalized spacial score (nSPS) is 11.2. The van der Waals surface area contributed by atoms with Crippen molar-refractivity contribution in [3.05, 3.63) is 83.1 Å². The van der Waals surface area contributed by atoms with E-state index in [-0.39, 0.29) is 0 Å². The van der Waals surface area contributed by atoms with Gasteiger partial charge in [-0.1, -0.05) is 60.1 Å². The van der Waals surface area contributed by atoms with Gasteiger partial charge in [-0.3, -0.25) is 0 Å². The maximum absolute atomic E-state index is 9.37. The summed E-state index contributed by atoms with van der Waals surface area (Å²) in [5.74, 6) is 1.39. The van der Waals surface area contributed by atoms with Gasteiger partial charge in [0.2, 0.25) is 0 Å². The second kappa shape index (κ2) is 6.34. The number of benzene rings is 2. The molecule has 2 nitrogen and oxygen atoms in total. The highest BCUT2D eigenvalue weighted by Gasteiger charge is 2.08. The van der Waals surface area contributed by atoms with Gasteiger partial charge in [0, 0.05) is 16.1 Å². The average molecular weight is 306 g/mol. The fourth-order valence-corrected chi connectivity index (χ4v) is 2.42. The van der Waals surface area contributed by atoms with Crippen LogP contribution in [0.1, 0.15) is 11.3 Å². The molecule has 2 aromatic carbocycles. The molecule has 0 unspecified atom stereocenters. The lowest BCUT2D eigenvalue weighted by Gasteiger charge is -2.01. The number of nitriles is 1. The first-order valence-corrected chi connectivity index (χ1v) is 7.17. The summed E-state index contributed by atoms with van der Waals surface area (Å²) in [5.41, 5.74) is 2.17. The van der Waals surface area contributed by atoms with Crippen LogP contribution in [0.15, 0.2) is 71.1 Å². The van der Waals surface area contributed by atoms with Gasteiger partial charge in [0.05, 0.1) is 11.6 Å².